The zero-order chi connectivity index (χ0) is 21.8. The SMILES string of the molecule is Bn1nnnc1-c1ccccc1-c1ccc(CNc2c(N)cccc2C(=O)OC)cc1. The third-order valence-electron chi connectivity index (χ3n) is 5.02. The summed E-state index contributed by atoms with van der Waals surface area (Å²) in [5.74, 6) is 0.274. The van der Waals surface area contributed by atoms with Crippen molar-refractivity contribution in [3.8, 4) is 22.5 Å². The molecular weight excluding hydrogens is 391 g/mol. The molecule has 4 aromatic rings. The van der Waals surface area contributed by atoms with E-state index in [4.69, 9.17) is 10.5 Å². The summed E-state index contributed by atoms with van der Waals surface area (Å²) in [5, 5.41) is 15.1. The second-order valence-electron chi connectivity index (χ2n) is 6.98. The number of benzene rings is 3. The van der Waals surface area contributed by atoms with Crippen LogP contribution in [0.3, 0.4) is 0 Å². The molecule has 0 atom stereocenters. The van der Waals surface area contributed by atoms with Gasteiger partial charge >= 0.3 is 5.97 Å². The molecule has 0 fully saturated rings. The van der Waals surface area contributed by atoms with Crippen LogP contribution in [0, 0.1) is 0 Å². The summed E-state index contributed by atoms with van der Waals surface area (Å²) in [6.07, 6.45) is 0. The van der Waals surface area contributed by atoms with Gasteiger partial charge in [-0.15, -0.1) is 5.10 Å². The van der Waals surface area contributed by atoms with Gasteiger partial charge in [-0.3, -0.25) is 4.59 Å². The Hall–Kier alpha value is -4.14. The van der Waals surface area contributed by atoms with E-state index in [0.29, 0.717) is 29.3 Å². The van der Waals surface area contributed by atoms with E-state index in [1.807, 2.05) is 44.4 Å². The summed E-state index contributed by atoms with van der Waals surface area (Å²) in [7, 11) is 3.17. The van der Waals surface area contributed by atoms with Crippen LogP contribution in [-0.2, 0) is 11.3 Å². The fourth-order valence-corrected chi connectivity index (χ4v) is 3.43. The van der Waals surface area contributed by atoms with Crippen molar-refractivity contribution in [2.24, 2.45) is 0 Å². The molecule has 1 heterocycles. The van der Waals surface area contributed by atoms with E-state index in [0.717, 1.165) is 22.3 Å². The smallest absolute Gasteiger partial charge is 0.340 e. The zero-order valence-corrected chi connectivity index (χ0v) is 17.2. The van der Waals surface area contributed by atoms with Gasteiger partial charge in [0.1, 0.15) is 0 Å². The highest BCUT2D eigenvalue weighted by Gasteiger charge is 2.14. The van der Waals surface area contributed by atoms with Crippen LogP contribution in [-0.4, -0.2) is 41.2 Å². The Morgan fingerprint density at radius 2 is 1.81 bits per heavy atom. The molecule has 154 valence electrons. The number of aromatic nitrogens is 4. The molecule has 0 bridgehead atoms. The monoisotopic (exact) mass is 412 g/mol. The molecule has 3 aromatic carbocycles. The number of carbonyl (C=O) groups is 1. The number of esters is 1. The molecule has 31 heavy (non-hydrogen) atoms. The predicted molar refractivity (Wildman–Crippen MR) is 122 cm³/mol. The van der Waals surface area contributed by atoms with Crippen LogP contribution in [0.4, 0.5) is 11.4 Å². The van der Waals surface area contributed by atoms with Gasteiger partial charge in [-0.05, 0) is 34.0 Å². The van der Waals surface area contributed by atoms with Crippen molar-refractivity contribution >= 4 is 25.3 Å². The normalized spacial score (nSPS) is 10.6. The first kappa shape index (κ1) is 20.2. The molecule has 0 radical (unpaired) electrons. The van der Waals surface area contributed by atoms with Crippen LogP contribution in [0.15, 0.2) is 66.7 Å². The number of nitrogen functional groups attached to an aromatic ring is 1. The van der Waals surface area contributed by atoms with Crippen molar-refractivity contribution in [3.63, 3.8) is 0 Å². The van der Waals surface area contributed by atoms with Crippen LogP contribution < -0.4 is 11.1 Å². The minimum Gasteiger partial charge on any atom is -0.465 e. The molecule has 0 saturated heterocycles. The number of hydrogen-bond acceptors (Lipinski definition) is 7. The summed E-state index contributed by atoms with van der Waals surface area (Å²) < 4.78 is 6.50. The van der Waals surface area contributed by atoms with Crippen LogP contribution in [0.25, 0.3) is 22.5 Å². The first-order chi connectivity index (χ1) is 15.1. The number of methoxy groups -OCH3 is 1. The molecule has 9 heteroatoms. The third kappa shape index (κ3) is 4.11. The van der Waals surface area contributed by atoms with Gasteiger partial charge in [0.25, 0.3) is 7.98 Å². The Kier molecular flexibility index (Phi) is 5.66. The van der Waals surface area contributed by atoms with Gasteiger partial charge < -0.3 is 15.8 Å². The quantitative estimate of drug-likeness (QED) is 0.284. The van der Waals surface area contributed by atoms with E-state index < -0.39 is 5.97 Å². The minimum absolute atomic E-state index is 0.408. The van der Waals surface area contributed by atoms with Crippen molar-refractivity contribution in [1.29, 1.82) is 0 Å². The Morgan fingerprint density at radius 3 is 2.48 bits per heavy atom. The Morgan fingerprint density at radius 1 is 1.06 bits per heavy atom. The number of ether oxygens (including phenoxy) is 1. The lowest BCUT2D eigenvalue weighted by molar-refractivity contribution is 0.0602. The standard InChI is InChI=1S/C22H21BN6O2/c1-31-22(30)18-7-4-8-19(24)20(18)25-13-14-9-11-15(12-10-14)16-5-2-3-6-17(16)21-26-27-28-29(21)23/h2-12,25H,13,23-24H2,1H3. The average Bonchev–Trinajstić information content (AvgIpc) is 3.23. The van der Waals surface area contributed by atoms with Gasteiger partial charge in [0.2, 0.25) is 0 Å². The van der Waals surface area contributed by atoms with Gasteiger partial charge in [0, 0.05) is 12.1 Å². The maximum atomic E-state index is 12.0. The maximum absolute atomic E-state index is 12.0. The zero-order valence-electron chi connectivity index (χ0n) is 17.2. The average molecular weight is 412 g/mol. The van der Waals surface area contributed by atoms with Crippen molar-refractivity contribution in [3.05, 3.63) is 77.9 Å². The predicted octanol–water partition coefficient (Wildman–Crippen LogP) is 2.38. The van der Waals surface area contributed by atoms with Crippen molar-refractivity contribution < 1.29 is 9.53 Å². The van der Waals surface area contributed by atoms with E-state index in [1.165, 1.54) is 7.11 Å². The molecule has 4 rings (SSSR count). The van der Waals surface area contributed by atoms with Crippen LogP contribution in [0.5, 0.6) is 0 Å². The van der Waals surface area contributed by atoms with Gasteiger partial charge in [0.05, 0.1) is 24.0 Å². The summed E-state index contributed by atoms with van der Waals surface area (Å²) in [6.45, 7) is 0.507. The summed E-state index contributed by atoms with van der Waals surface area (Å²) in [6, 6.07) is 21.3. The molecule has 0 aliphatic heterocycles. The highest BCUT2D eigenvalue weighted by Crippen LogP contribution is 2.31. The third-order valence-corrected chi connectivity index (χ3v) is 5.02. The topological polar surface area (TPSA) is 108 Å². The highest BCUT2D eigenvalue weighted by molar-refractivity contribution is 6.07. The molecule has 0 aliphatic carbocycles. The van der Waals surface area contributed by atoms with E-state index in [9.17, 15) is 4.79 Å². The number of nitrogens with two attached hydrogens (primary N) is 1. The van der Waals surface area contributed by atoms with Crippen molar-refractivity contribution in [2.45, 2.75) is 6.54 Å². The number of anilines is 2. The largest absolute Gasteiger partial charge is 0.465 e. The minimum atomic E-state index is -0.431. The number of carbonyl (C=O) groups excluding carboxylic acids is 1. The van der Waals surface area contributed by atoms with Crippen molar-refractivity contribution in [1.82, 2.24) is 20.1 Å². The van der Waals surface area contributed by atoms with E-state index in [1.54, 1.807) is 22.8 Å². The molecule has 0 amide bonds. The second-order valence-corrected chi connectivity index (χ2v) is 6.98. The Balaban J connectivity index is 1.57. The number of para-hydroxylation sites is 1. The number of tetrazole rings is 1. The molecular formula is C22H21BN6O2. The molecule has 1 aromatic heterocycles. The lowest BCUT2D eigenvalue weighted by atomic mass is 9.98. The van der Waals surface area contributed by atoms with Crippen LogP contribution in [0.1, 0.15) is 15.9 Å². The number of nitrogens with one attached hydrogen (secondary N) is 1. The molecule has 0 saturated carbocycles. The van der Waals surface area contributed by atoms with E-state index in [-0.39, 0.29) is 0 Å². The fraction of sp³-hybridized carbons (Fsp3) is 0.0909. The van der Waals surface area contributed by atoms with Gasteiger partial charge in [0.15, 0.2) is 5.82 Å². The van der Waals surface area contributed by atoms with Gasteiger partial charge in [-0.25, -0.2) is 4.79 Å². The maximum Gasteiger partial charge on any atom is 0.340 e. The number of nitrogens with zero attached hydrogens (tertiary/aromatic N) is 4. The molecule has 0 spiro atoms. The lowest BCUT2D eigenvalue weighted by Gasteiger charge is -2.14. The van der Waals surface area contributed by atoms with E-state index in [2.05, 4.69) is 33.0 Å². The Bertz CT molecular complexity index is 1220. The highest BCUT2D eigenvalue weighted by atomic mass is 16.5. The molecule has 0 unspecified atom stereocenters. The second kappa shape index (κ2) is 8.70. The van der Waals surface area contributed by atoms with E-state index >= 15 is 0 Å². The molecule has 8 nitrogen and oxygen atoms in total. The fourth-order valence-electron chi connectivity index (χ4n) is 3.43. The summed E-state index contributed by atoms with van der Waals surface area (Å²) in [4.78, 5) is 12.0. The first-order valence-corrected chi connectivity index (χ1v) is 9.70. The number of rotatable bonds is 6. The number of hydrogen-bond donors (Lipinski definition) is 2. The van der Waals surface area contributed by atoms with Gasteiger partial charge in [-0.2, -0.15) is 0 Å². The molecule has 3 N–H and O–H groups in total. The van der Waals surface area contributed by atoms with Crippen LogP contribution >= 0.6 is 0 Å². The van der Waals surface area contributed by atoms with Gasteiger partial charge in [-0.1, -0.05) is 59.8 Å². The molecule has 0 aliphatic rings. The van der Waals surface area contributed by atoms with Crippen molar-refractivity contribution in [2.75, 3.05) is 18.2 Å². The summed E-state index contributed by atoms with van der Waals surface area (Å²) >= 11 is 0. The van der Waals surface area contributed by atoms with Crippen LogP contribution in [0.2, 0.25) is 0 Å². The summed E-state index contributed by atoms with van der Waals surface area (Å²) in [5.41, 5.74) is 11.6. The Labute approximate surface area is 180 Å². The lowest BCUT2D eigenvalue weighted by Crippen LogP contribution is -2.10. The first-order valence-electron chi connectivity index (χ1n) is 9.70.